The minimum absolute atomic E-state index is 0.0156. The van der Waals surface area contributed by atoms with E-state index in [1.165, 1.54) is 13.2 Å². The summed E-state index contributed by atoms with van der Waals surface area (Å²) in [5.74, 6) is -1.12. The number of esters is 1. The summed E-state index contributed by atoms with van der Waals surface area (Å²) in [6.45, 7) is 13.1. The van der Waals surface area contributed by atoms with E-state index in [1.807, 2.05) is 69.3 Å². The Kier molecular flexibility index (Phi) is 12.6. The van der Waals surface area contributed by atoms with Crippen molar-refractivity contribution in [2.75, 3.05) is 20.3 Å². The van der Waals surface area contributed by atoms with Crippen molar-refractivity contribution >= 4 is 34.0 Å². The second-order valence-corrected chi connectivity index (χ2v) is 16.1. The average Bonchev–Trinajstić information content (AvgIpc) is 3.46. The molecule has 2 amide bonds. The highest BCUT2D eigenvalue weighted by molar-refractivity contribution is 7.90. The van der Waals surface area contributed by atoms with E-state index in [-0.39, 0.29) is 54.8 Å². The Morgan fingerprint density at radius 1 is 1.00 bits per heavy atom. The van der Waals surface area contributed by atoms with Crippen LogP contribution in [0.1, 0.15) is 78.8 Å². The first kappa shape index (κ1) is 40.8. The van der Waals surface area contributed by atoms with Gasteiger partial charge < -0.3 is 30.6 Å². The molecule has 55 heavy (non-hydrogen) atoms. The number of nitrogens with one attached hydrogen (secondary N) is 3. The lowest BCUT2D eigenvalue weighted by Gasteiger charge is -2.35. The number of nitrogens with zero attached hydrogens (tertiary/aromatic N) is 1. The Morgan fingerprint density at radius 3 is 2.25 bits per heavy atom. The van der Waals surface area contributed by atoms with Crippen LogP contribution in [0.2, 0.25) is 0 Å². The van der Waals surface area contributed by atoms with Crippen molar-refractivity contribution in [1.82, 2.24) is 15.4 Å². The second-order valence-electron chi connectivity index (χ2n) is 14.5. The molecule has 0 unspecified atom stereocenters. The molecule has 5 rings (SSSR count). The van der Waals surface area contributed by atoms with Gasteiger partial charge in [-0.15, -0.1) is 6.58 Å². The first-order chi connectivity index (χ1) is 26.1. The summed E-state index contributed by atoms with van der Waals surface area (Å²) in [5.41, 5.74) is 12.7. The number of ether oxygens (including phenoxy) is 3. The molecule has 294 valence electrons. The number of sulfonamides is 1. The Hall–Kier alpha value is -5.37. The van der Waals surface area contributed by atoms with Crippen LogP contribution >= 0.6 is 0 Å². The molecule has 0 spiro atoms. The quantitative estimate of drug-likeness (QED) is 0.0560. The second kappa shape index (κ2) is 17.0. The molecule has 13 nitrogen and oxygen atoms in total. The van der Waals surface area contributed by atoms with Gasteiger partial charge >= 0.3 is 12.1 Å². The lowest BCUT2D eigenvalue weighted by Crippen LogP contribution is -2.52. The molecule has 3 aromatic carbocycles. The van der Waals surface area contributed by atoms with Gasteiger partial charge in [-0.25, -0.2) is 22.7 Å². The molecule has 1 aliphatic heterocycles. The van der Waals surface area contributed by atoms with Crippen LogP contribution in [0.25, 0.3) is 11.1 Å². The van der Waals surface area contributed by atoms with Crippen LogP contribution in [-0.4, -0.2) is 70.3 Å². The maximum Gasteiger partial charge on any atom is 0.407 e. The summed E-state index contributed by atoms with van der Waals surface area (Å²) in [7, 11) is -2.91. The Labute approximate surface area is 323 Å². The predicted octanol–water partition coefficient (Wildman–Crippen LogP) is 5.23. The third-order valence-corrected chi connectivity index (χ3v) is 11.9. The van der Waals surface area contributed by atoms with Gasteiger partial charge in [0.1, 0.15) is 30.0 Å². The Morgan fingerprint density at radius 2 is 1.64 bits per heavy atom. The zero-order chi connectivity index (χ0) is 40.1. The maximum absolute atomic E-state index is 13.7. The van der Waals surface area contributed by atoms with Gasteiger partial charge in [0, 0.05) is 12.5 Å². The van der Waals surface area contributed by atoms with Crippen LogP contribution in [0.5, 0.6) is 5.75 Å². The van der Waals surface area contributed by atoms with E-state index in [1.54, 1.807) is 13.8 Å². The van der Waals surface area contributed by atoms with E-state index in [0.29, 0.717) is 17.5 Å². The van der Waals surface area contributed by atoms with Crippen molar-refractivity contribution in [3.63, 3.8) is 0 Å². The summed E-state index contributed by atoms with van der Waals surface area (Å²) in [4.78, 5) is 43.4. The van der Waals surface area contributed by atoms with Crippen LogP contribution in [-0.2, 0) is 35.5 Å². The highest BCUT2D eigenvalue weighted by atomic mass is 32.2. The van der Waals surface area contributed by atoms with E-state index in [9.17, 15) is 22.8 Å². The lowest BCUT2D eigenvalue weighted by atomic mass is 9.88. The van der Waals surface area contributed by atoms with E-state index < -0.39 is 40.1 Å². The van der Waals surface area contributed by atoms with Crippen molar-refractivity contribution in [3.8, 4) is 16.9 Å². The third kappa shape index (κ3) is 9.13. The molecule has 0 bridgehead atoms. The molecule has 0 fully saturated rings. The molecule has 1 aliphatic carbocycles. The number of carbonyl (C=O) groups excluding carboxylic acids is 3. The molecule has 1 heterocycles. The van der Waals surface area contributed by atoms with Gasteiger partial charge in [-0.3, -0.25) is 9.79 Å². The lowest BCUT2D eigenvalue weighted by molar-refractivity contribution is -0.145. The van der Waals surface area contributed by atoms with Crippen molar-refractivity contribution in [2.45, 2.75) is 95.2 Å². The van der Waals surface area contributed by atoms with Crippen LogP contribution < -0.4 is 25.8 Å². The summed E-state index contributed by atoms with van der Waals surface area (Å²) >= 11 is 0. The minimum Gasteiger partial charge on any atom is -0.487 e. The van der Waals surface area contributed by atoms with Crippen LogP contribution in [0.15, 0.2) is 71.1 Å². The number of methoxy groups -OCH3 is 1. The predicted molar refractivity (Wildman–Crippen MR) is 210 cm³/mol. The number of nitrogens with two attached hydrogens (primary N) is 1. The number of benzene rings is 3. The van der Waals surface area contributed by atoms with Gasteiger partial charge in [0.2, 0.25) is 11.9 Å². The molecule has 2 atom stereocenters. The smallest absolute Gasteiger partial charge is 0.407 e. The number of fused-ring (bicyclic) bond motifs is 4. The molecule has 0 radical (unpaired) electrons. The van der Waals surface area contributed by atoms with Gasteiger partial charge in [-0.1, -0.05) is 54.6 Å². The van der Waals surface area contributed by atoms with Gasteiger partial charge in [-0.2, -0.15) is 0 Å². The molecular formula is C41H51N5O8S. The van der Waals surface area contributed by atoms with Gasteiger partial charge in [0.05, 0.1) is 12.0 Å². The van der Waals surface area contributed by atoms with Gasteiger partial charge in [0.25, 0.3) is 10.0 Å². The standard InChI is InChI=1S/C41H51N5O8S/c1-8-14-34(38(48)52-7)44-37(47)33(45-40(49)53-23-32-30-17-11-9-15-28(30)29-16-10-12-18-31(29)32)19-13-22-43-39(42)46-55(50,51)36-25(3)24(2)35-27(26(36)4)20-21-41(5,6)54-35/h8-12,15-18,32-34H,1,13-14,19-23H2,2-7H3,(H,44,47)(H,45,49)(H3,42,43,46)/t33-,34-/m1/s1. The number of hydrogen-bond donors (Lipinski definition) is 4. The summed E-state index contributed by atoms with van der Waals surface area (Å²) < 4.78 is 46.5. The fraction of sp³-hybridized carbons (Fsp3) is 0.415. The fourth-order valence-electron chi connectivity index (χ4n) is 7.31. The molecule has 0 saturated heterocycles. The number of hydrogen-bond acceptors (Lipinski definition) is 9. The molecule has 5 N–H and O–H groups in total. The summed E-state index contributed by atoms with van der Waals surface area (Å²) in [5, 5.41) is 5.26. The minimum atomic E-state index is -4.12. The number of guanidine groups is 1. The number of carbonyl (C=O) groups is 3. The Balaban J connectivity index is 1.26. The molecule has 2 aliphatic rings. The SMILES string of the molecule is C=CC[C@@H](NC(=O)[C@@H](CCCN=C(N)NS(=O)(=O)c1c(C)c(C)c2c(c1C)CCC(C)(C)O2)NC(=O)OCC1c2ccccc2-c2ccccc21)C(=O)OC. The van der Waals surface area contributed by atoms with Crippen LogP contribution in [0, 0.1) is 20.8 Å². The highest BCUT2D eigenvalue weighted by Crippen LogP contribution is 2.45. The molecule has 3 aromatic rings. The van der Waals surface area contributed by atoms with Crippen LogP contribution in [0.4, 0.5) is 4.79 Å². The van der Waals surface area contributed by atoms with Crippen molar-refractivity contribution in [1.29, 1.82) is 0 Å². The zero-order valence-electron chi connectivity index (χ0n) is 32.3. The van der Waals surface area contributed by atoms with Crippen molar-refractivity contribution in [2.24, 2.45) is 10.7 Å². The van der Waals surface area contributed by atoms with E-state index >= 15 is 0 Å². The summed E-state index contributed by atoms with van der Waals surface area (Å²) in [6, 6.07) is 13.7. The van der Waals surface area contributed by atoms with E-state index in [0.717, 1.165) is 45.6 Å². The average molecular weight is 774 g/mol. The third-order valence-electron chi connectivity index (χ3n) is 10.3. The molecule has 0 aromatic heterocycles. The number of aliphatic imine (C=N–C) groups is 1. The fourth-order valence-corrected chi connectivity index (χ4v) is 8.84. The topological polar surface area (TPSA) is 188 Å². The largest absolute Gasteiger partial charge is 0.487 e. The van der Waals surface area contributed by atoms with Gasteiger partial charge in [0.15, 0.2) is 0 Å². The molecular weight excluding hydrogens is 723 g/mol. The highest BCUT2D eigenvalue weighted by Gasteiger charge is 2.34. The first-order valence-electron chi connectivity index (χ1n) is 18.3. The number of alkyl carbamates (subject to hydrolysis) is 1. The summed E-state index contributed by atoms with van der Waals surface area (Å²) in [6.07, 6.45) is 2.43. The number of amides is 2. The van der Waals surface area contributed by atoms with Gasteiger partial charge in [-0.05, 0) is 111 Å². The zero-order valence-corrected chi connectivity index (χ0v) is 33.1. The van der Waals surface area contributed by atoms with Crippen molar-refractivity contribution < 1.29 is 37.0 Å². The van der Waals surface area contributed by atoms with E-state index in [4.69, 9.17) is 19.9 Å². The normalized spacial score (nSPS) is 15.6. The van der Waals surface area contributed by atoms with E-state index in [2.05, 4.69) is 26.9 Å². The molecule has 14 heteroatoms. The Bertz CT molecular complexity index is 2070. The molecule has 0 saturated carbocycles. The van der Waals surface area contributed by atoms with Crippen LogP contribution in [0.3, 0.4) is 0 Å². The first-order valence-corrected chi connectivity index (χ1v) is 19.8. The maximum atomic E-state index is 13.7. The van der Waals surface area contributed by atoms with Crippen molar-refractivity contribution in [3.05, 3.63) is 94.6 Å². The monoisotopic (exact) mass is 773 g/mol. The number of rotatable bonds is 14.